The van der Waals surface area contributed by atoms with E-state index in [1.54, 1.807) is 24.3 Å². The summed E-state index contributed by atoms with van der Waals surface area (Å²) < 4.78 is 23.5. The Bertz CT molecular complexity index is 528. The van der Waals surface area contributed by atoms with Gasteiger partial charge in [-0.1, -0.05) is 23.8 Å². The number of hydrogen-bond donors (Lipinski definition) is 1. The molecule has 0 amide bonds. The Morgan fingerprint density at radius 3 is 2.41 bits per heavy atom. The number of allylic oxidation sites excluding steroid dienone is 2. The predicted molar refractivity (Wildman–Crippen MR) is 69.4 cm³/mol. The lowest BCUT2D eigenvalue weighted by Crippen LogP contribution is -2.18. The second kappa shape index (κ2) is 5.63. The van der Waals surface area contributed by atoms with Gasteiger partial charge in [-0.3, -0.25) is 0 Å². The molecule has 0 aromatic heterocycles. The highest BCUT2D eigenvalue weighted by Gasteiger charge is 2.11. The summed E-state index contributed by atoms with van der Waals surface area (Å²) in [6, 6.07) is 6.59. The number of nitrogens with zero attached hydrogens (tertiary/aromatic N) is 1. The van der Waals surface area contributed by atoms with Crippen molar-refractivity contribution in [2.45, 2.75) is 25.7 Å². The first-order valence-electron chi connectivity index (χ1n) is 5.20. The van der Waals surface area contributed by atoms with Crippen LogP contribution < -0.4 is 4.83 Å². The highest BCUT2D eigenvalue weighted by Crippen LogP contribution is 2.09. The van der Waals surface area contributed by atoms with Gasteiger partial charge in [0.2, 0.25) is 0 Å². The third-order valence-electron chi connectivity index (χ3n) is 2.23. The van der Waals surface area contributed by atoms with Gasteiger partial charge in [-0.25, -0.2) is 4.83 Å². The molecule has 0 saturated carbocycles. The number of hydrazone groups is 1. The largest absolute Gasteiger partial charge is 0.276 e. The lowest BCUT2D eigenvalue weighted by atomic mass is 10.2. The SMILES string of the molecule is CC=C(C)C=NNS(=O)(=O)c1ccc(C)cc1. The van der Waals surface area contributed by atoms with Crippen molar-refractivity contribution in [3.8, 4) is 0 Å². The predicted octanol–water partition coefficient (Wildman–Crippen LogP) is 2.23. The fourth-order valence-electron chi connectivity index (χ4n) is 1.04. The molecule has 0 heterocycles. The summed E-state index contributed by atoms with van der Waals surface area (Å²) in [5.74, 6) is 0. The van der Waals surface area contributed by atoms with Crippen LogP contribution in [0.5, 0.6) is 0 Å². The second-order valence-electron chi connectivity index (χ2n) is 3.70. The molecule has 0 aliphatic rings. The Hall–Kier alpha value is -1.62. The quantitative estimate of drug-likeness (QED) is 0.660. The van der Waals surface area contributed by atoms with Crippen LogP contribution in [0.1, 0.15) is 19.4 Å². The van der Waals surface area contributed by atoms with Gasteiger partial charge in [0, 0.05) is 0 Å². The molecule has 92 valence electrons. The average Bonchev–Trinajstić information content (AvgIpc) is 2.29. The minimum Gasteiger partial charge on any atom is -0.200 e. The van der Waals surface area contributed by atoms with E-state index in [0.717, 1.165) is 11.1 Å². The zero-order valence-electron chi connectivity index (χ0n) is 10.1. The highest BCUT2D eigenvalue weighted by molar-refractivity contribution is 7.89. The van der Waals surface area contributed by atoms with E-state index in [1.807, 2.05) is 26.8 Å². The maximum absolute atomic E-state index is 11.8. The standard InChI is InChI=1S/C12H16N2O2S/c1-4-10(2)9-13-14-17(15,16)12-7-5-11(3)6-8-12/h4-9,14H,1-3H3. The van der Waals surface area contributed by atoms with Crippen molar-refractivity contribution < 1.29 is 8.42 Å². The zero-order valence-corrected chi connectivity index (χ0v) is 11.0. The normalized spacial score (nSPS) is 13.0. The van der Waals surface area contributed by atoms with Gasteiger partial charge >= 0.3 is 0 Å². The van der Waals surface area contributed by atoms with Crippen molar-refractivity contribution >= 4 is 16.2 Å². The van der Waals surface area contributed by atoms with E-state index >= 15 is 0 Å². The van der Waals surface area contributed by atoms with Crippen LogP contribution in [0.4, 0.5) is 0 Å². The first kappa shape index (κ1) is 13.4. The first-order chi connectivity index (χ1) is 7.95. The first-order valence-corrected chi connectivity index (χ1v) is 6.68. The minimum atomic E-state index is -3.56. The minimum absolute atomic E-state index is 0.207. The summed E-state index contributed by atoms with van der Waals surface area (Å²) in [6.45, 7) is 5.59. The molecule has 0 spiro atoms. The number of hydrogen-bond acceptors (Lipinski definition) is 3. The molecule has 1 aromatic rings. The van der Waals surface area contributed by atoms with Gasteiger partial charge in [0.25, 0.3) is 10.0 Å². The van der Waals surface area contributed by atoms with E-state index in [0.29, 0.717) is 0 Å². The van der Waals surface area contributed by atoms with E-state index in [1.165, 1.54) is 6.21 Å². The Kier molecular flexibility index (Phi) is 4.45. The van der Waals surface area contributed by atoms with Gasteiger partial charge in [0.15, 0.2) is 0 Å². The van der Waals surface area contributed by atoms with Crippen molar-refractivity contribution in [2.75, 3.05) is 0 Å². The van der Waals surface area contributed by atoms with Crippen LogP contribution in [-0.4, -0.2) is 14.6 Å². The molecule has 0 unspecified atom stereocenters. The maximum Gasteiger partial charge on any atom is 0.276 e. The van der Waals surface area contributed by atoms with E-state index in [9.17, 15) is 8.42 Å². The van der Waals surface area contributed by atoms with Crippen molar-refractivity contribution in [1.29, 1.82) is 0 Å². The molecule has 0 radical (unpaired) electrons. The highest BCUT2D eigenvalue weighted by atomic mass is 32.2. The summed E-state index contributed by atoms with van der Waals surface area (Å²) in [6.07, 6.45) is 3.30. The maximum atomic E-state index is 11.8. The summed E-state index contributed by atoms with van der Waals surface area (Å²) in [7, 11) is -3.56. The fourth-order valence-corrected chi connectivity index (χ4v) is 1.83. The lowest BCUT2D eigenvalue weighted by molar-refractivity contribution is 0.584. The van der Waals surface area contributed by atoms with E-state index in [2.05, 4.69) is 9.93 Å². The smallest absolute Gasteiger partial charge is 0.200 e. The molecule has 0 bridgehead atoms. The fraction of sp³-hybridized carbons (Fsp3) is 0.250. The Balaban J connectivity index is 2.83. The molecule has 0 atom stereocenters. The van der Waals surface area contributed by atoms with E-state index < -0.39 is 10.0 Å². The molecule has 17 heavy (non-hydrogen) atoms. The summed E-state index contributed by atoms with van der Waals surface area (Å²) in [5.41, 5.74) is 1.90. The number of sulfonamides is 1. The Morgan fingerprint density at radius 2 is 1.88 bits per heavy atom. The number of rotatable bonds is 4. The topological polar surface area (TPSA) is 58.5 Å². The summed E-state index contributed by atoms with van der Waals surface area (Å²) in [4.78, 5) is 2.37. The van der Waals surface area contributed by atoms with E-state index in [-0.39, 0.29) is 4.90 Å². The van der Waals surface area contributed by atoms with Crippen LogP contribution >= 0.6 is 0 Å². The van der Waals surface area contributed by atoms with Gasteiger partial charge in [0.1, 0.15) is 0 Å². The van der Waals surface area contributed by atoms with Crippen LogP contribution in [0, 0.1) is 6.92 Å². The Morgan fingerprint density at radius 1 is 1.29 bits per heavy atom. The molecule has 0 aliphatic carbocycles. The second-order valence-corrected chi connectivity index (χ2v) is 5.36. The molecule has 1 aromatic carbocycles. The van der Waals surface area contributed by atoms with Crippen LogP contribution in [-0.2, 0) is 10.0 Å². The van der Waals surface area contributed by atoms with Crippen molar-refractivity contribution in [1.82, 2.24) is 4.83 Å². The molecular weight excluding hydrogens is 236 g/mol. The Labute approximate surface area is 102 Å². The molecule has 0 saturated heterocycles. The molecule has 5 heteroatoms. The molecule has 0 aliphatic heterocycles. The van der Waals surface area contributed by atoms with E-state index in [4.69, 9.17) is 0 Å². The number of aryl methyl sites for hydroxylation is 1. The van der Waals surface area contributed by atoms with Gasteiger partial charge in [-0.05, 0) is 38.5 Å². The van der Waals surface area contributed by atoms with Gasteiger partial charge in [-0.2, -0.15) is 13.5 Å². The third-order valence-corrected chi connectivity index (χ3v) is 3.47. The molecule has 1 N–H and O–H groups in total. The molecule has 1 rings (SSSR count). The van der Waals surface area contributed by atoms with Crippen LogP contribution in [0.3, 0.4) is 0 Å². The van der Waals surface area contributed by atoms with Gasteiger partial charge in [-0.15, -0.1) is 0 Å². The van der Waals surface area contributed by atoms with Crippen molar-refractivity contribution in [3.63, 3.8) is 0 Å². The lowest BCUT2D eigenvalue weighted by Gasteiger charge is -2.03. The number of benzene rings is 1. The zero-order chi connectivity index (χ0) is 12.9. The number of nitrogens with one attached hydrogen (secondary N) is 1. The van der Waals surface area contributed by atoms with Gasteiger partial charge in [0.05, 0.1) is 11.1 Å². The molecule has 4 nitrogen and oxygen atoms in total. The van der Waals surface area contributed by atoms with Crippen molar-refractivity contribution in [3.05, 3.63) is 41.5 Å². The van der Waals surface area contributed by atoms with Crippen LogP contribution in [0.2, 0.25) is 0 Å². The van der Waals surface area contributed by atoms with Crippen molar-refractivity contribution in [2.24, 2.45) is 5.10 Å². The third kappa shape index (κ3) is 4.03. The molecular formula is C12H16N2O2S. The monoisotopic (exact) mass is 252 g/mol. The summed E-state index contributed by atoms with van der Waals surface area (Å²) in [5, 5.41) is 3.68. The van der Waals surface area contributed by atoms with Crippen LogP contribution in [0.25, 0.3) is 0 Å². The van der Waals surface area contributed by atoms with Gasteiger partial charge < -0.3 is 0 Å². The molecule has 0 fully saturated rings. The van der Waals surface area contributed by atoms with Crippen LogP contribution in [0.15, 0.2) is 45.9 Å². The summed E-state index contributed by atoms with van der Waals surface area (Å²) >= 11 is 0. The average molecular weight is 252 g/mol.